The molecule has 2 heterocycles. The van der Waals surface area contributed by atoms with E-state index in [1.54, 1.807) is 12.1 Å². The molecule has 3 rings (SSSR count). The van der Waals surface area contributed by atoms with Crippen LogP contribution in [0.5, 0.6) is 5.88 Å². The van der Waals surface area contributed by atoms with Crippen LogP contribution in [-0.4, -0.2) is 36.9 Å². The quantitative estimate of drug-likeness (QED) is 0.825. The van der Waals surface area contributed by atoms with E-state index >= 15 is 0 Å². The molecule has 1 fully saturated rings. The molecule has 1 saturated heterocycles. The van der Waals surface area contributed by atoms with Crippen molar-refractivity contribution in [2.45, 2.75) is 11.9 Å². The number of nitrogens with zero attached hydrogens (tertiary/aromatic N) is 2. The largest absolute Gasteiger partial charge is 0.472 e. The summed E-state index contributed by atoms with van der Waals surface area (Å²) in [6.45, 7) is 0.543. The molecular weight excluding hydrogens is 343 g/mol. The molecule has 2 aromatic rings. The molecule has 0 spiro atoms. The van der Waals surface area contributed by atoms with Gasteiger partial charge in [-0.2, -0.15) is 4.31 Å². The highest BCUT2D eigenvalue weighted by Crippen LogP contribution is 2.22. The van der Waals surface area contributed by atoms with E-state index in [2.05, 4.69) is 4.98 Å². The summed E-state index contributed by atoms with van der Waals surface area (Å²) in [5, 5.41) is 0.509. The van der Waals surface area contributed by atoms with Gasteiger partial charge in [0.15, 0.2) is 0 Å². The molecule has 23 heavy (non-hydrogen) atoms. The summed E-state index contributed by atoms with van der Waals surface area (Å²) in [6.07, 6.45) is 1.24. The van der Waals surface area contributed by atoms with Crippen LogP contribution >= 0.6 is 11.6 Å². The number of sulfonamides is 1. The fraction of sp³-hybridized carbons (Fsp3) is 0.267. The van der Waals surface area contributed by atoms with Gasteiger partial charge in [-0.3, -0.25) is 0 Å². The highest BCUT2D eigenvalue weighted by atomic mass is 35.5. The number of pyridine rings is 1. The van der Waals surface area contributed by atoms with E-state index in [0.29, 0.717) is 16.5 Å². The minimum atomic E-state index is -3.43. The zero-order valence-electron chi connectivity index (χ0n) is 12.0. The average molecular weight is 357 g/mol. The molecule has 8 heteroatoms. The third kappa shape index (κ3) is 3.99. The lowest BCUT2D eigenvalue weighted by Gasteiger charge is -2.37. The lowest BCUT2D eigenvalue weighted by molar-refractivity contribution is 0.0720. The molecule has 1 aliphatic rings. The minimum absolute atomic E-state index is 0.154. The molecule has 0 aliphatic carbocycles. The Kier molecular flexibility index (Phi) is 4.52. The van der Waals surface area contributed by atoms with E-state index in [1.165, 1.54) is 34.8 Å². The molecule has 0 unspecified atom stereocenters. The van der Waals surface area contributed by atoms with Crippen LogP contribution in [0.1, 0.15) is 5.56 Å². The lowest BCUT2D eigenvalue weighted by atomic mass is 10.2. The van der Waals surface area contributed by atoms with Crippen molar-refractivity contribution in [1.82, 2.24) is 9.29 Å². The van der Waals surface area contributed by atoms with Gasteiger partial charge in [-0.25, -0.2) is 17.8 Å². The van der Waals surface area contributed by atoms with E-state index in [1.807, 2.05) is 0 Å². The second-order valence-corrected chi connectivity index (χ2v) is 7.66. The molecule has 0 radical (unpaired) electrons. The standard InChI is InChI=1S/C15H14ClFN2O3S/c16-12-3-6-15(18-7-12)22-14-8-19(9-14)23(20,21)10-11-1-4-13(17)5-2-11/h1-7,14H,8-10H2. The van der Waals surface area contributed by atoms with Gasteiger partial charge in [0.1, 0.15) is 11.9 Å². The summed E-state index contributed by atoms with van der Waals surface area (Å²) in [7, 11) is -3.43. The SMILES string of the molecule is O=S(=O)(Cc1ccc(F)cc1)N1CC(Oc2ccc(Cl)cn2)C1. The average Bonchev–Trinajstić information content (AvgIpc) is 2.46. The molecule has 0 amide bonds. The lowest BCUT2D eigenvalue weighted by Crippen LogP contribution is -2.56. The van der Waals surface area contributed by atoms with Crippen molar-refractivity contribution in [2.75, 3.05) is 13.1 Å². The number of hydrogen-bond acceptors (Lipinski definition) is 4. The highest BCUT2D eigenvalue weighted by Gasteiger charge is 2.37. The van der Waals surface area contributed by atoms with Gasteiger partial charge < -0.3 is 4.74 Å². The Morgan fingerprint density at radius 3 is 2.52 bits per heavy atom. The predicted molar refractivity (Wildman–Crippen MR) is 84.3 cm³/mol. The maximum absolute atomic E-state index is 12.8. The number of aromatic nitrogens is 1. The van der Waals surface area contributed by atoms with Gasteiger partial charge >= 0.3 is 0 Å². The smallest absolute Gasteiger partial charge is 0.218 e. The maximum Gasteiger partial charge on any atom is 0.218 e. The summed E-state index contributed by atoms with van der Waals surface area (Å²) < 4.78 is 44.3. The number of halogens is 2. The summed E-state index contributed by atoms with van der Waals surface area (Å²) in [4.78, 5) is 4.01. The molecule has 1 aromatic carbocycles. The van der Waals surface area contributed by atoms with Gasteiger partial charge in [-0.15, -0.1) is 0 Å². The van der Waals surface area contributed by atoms with Crippen LogP contribution in [0.4, 0.5) is 4.39 Å². The second-order valence-electron chi connectivity index (χ2n) is 5.25. The van der Waals surface area contributed by atoms with Gasteiger partial charge in [0.2, 0.25) is 15.9 Å². The molecule has 0 saturated carbocycles. The topological polar surface area (TPSA) is 59.5 Å². The fourth-order valence-electron chi connectivity index (χ4n) is 2.19. The number of hydrogen-bond donors (Lipinski definition) is 0. The van der Waals surface area contributed by atoms with E-state index in [-0.39, 0.29) is 30.8 Å². The molecule has 1 aliphatic heterocycles. The fourth-order valence-corrected chi connectivity index (χ4v) is 3.88. The zero-order valence-corrected chi connectivity index (χ0v) is 13.6. The van der Waals surface area contributed by atoms with Crippen molar-refractivity contribution in [2.24, 2.45) is 0 Å². The van der Waals surface area contributed by atoms with E-state index in [9.17, 15) is 12.8 Å². The van der Waals surface area contributed by atoms with Gasteiger partial charge in [0.25, 0.3) is 0 Å². The minimum Gasteiger partial charge on any atom is -0.472 e. The Hall–Kier alpha value is -1.70. The third-order valence-electron chi connectivity index (χ3n) is 3.46. The van der Waals surface area contributed by atoms with Gasteiger partial charge in [0, 0.05) is 12.3 Å². The van der Waals surface area contributed by atoms with Crippen molar-refractivity contribution in [3.05, 3.63) is 59.0 Å². The normalized spacial score (nSPS) is 16.1. The molecule has 5 nitrogen and oxygen atoms in total. The van der Waals surface area contributed by atoms with Crippen LogP contribution in [0, 0.1) is 5.82 Å². The molecular formula is C15H14ClFN2O3S. The van der Waals surface area contributed by atoms with Crippen LogP contribution < -0.4 is 4.74 Å². The van der Waals surface area contributed by atoms with Crippen LogP contribution in [0.15, 0.2) is 42.6 Å². The van der Waals surface area contributed by atoms with Crippen LogP contribution in [-0.2, 0) is 15.8 Å². The summed E-state index contributed by atoms with van der Waals surface area (Å²) in [5.41, 5.74) is 0.551. The van der Waals surface area contributed by atoms with Crippen LogP contribution in [0.2, 0.25) is 5.02 Å². The van der Waals surface area contributed by atoms with Gasteiger partial charge in [-0.05, 0) is 23.8 Å². The second kappa shape index (κ2) is 6.43. The van der Waals surface area contributed by atoms with Crippen molar-refractivity contribution in [1.29, 1.82) is 0 Å². The Balaban J connectivity index is 1.55. The van der Waals surface area contributed by atoms with Crippen molar-refractivity contribution < 1.29 is 17.5 Å². The van der Waals surface area contributed by atoms with Crippen molar-refractivity contribution >= 4 is 21.6 Å². The summed E-state index contributed by atoms with van der Waals surface area (Å²) >= 11 is 5.74. The Bertz CT molecular complexity index is 775. The third-order valence-corrected chi connectivity index (χ3v) is 5.46. The monoisotopic (exact) mass is 356 g/mol. The van der Waals surface area contributed by atoms with E-state index in [4.69, 9.17) is 16.3 Å². The molecule has 0 N–H and O–H groups in total. The zero-order chi connectivity index (χ0) is 16.4. The van der Waals surface area contributed by atoms with Crippen LogP contribution in [0.3, 0.4) is 0 Å². The molecule has 0 atom stereocenters. The first-order valence-electron chi connectivity index (χ1n) is 6.93. The summed E-state index contributed by atoms with van der Waals surface area (Å²) in [5.74, 6) is -0.131. The van der Waals surface area contributed by atoms with Crippen LogP contribution in [0.25, 0.3) is 0 Å². The molecule has 0 bridgehead atoms. The van der Waals surface area contributed by atoms with E-state index < -0.39 is 10.0 Å². The number of benzene rings is 1. The number of rotatable bonds is 5. The van der Waals surface area contributed by atoms with Gasteiger partial charge in [-0.1, -0.05) is 23.7 Å². The maximum atomic E-state index is 12.8. The first-order chi connectivity index (χ1) is 10.9. The molecule has 122 valence electrons. The highest BCUT2D eigenvalue weighted by molar-refractivity contribution is 7.88. The summed E-state index contributed by atoms with van der Waals surface area (Å²) in [6, 6.07) is 8.73. The molecule has 1 aromatic heterocycles. The number of ether oxygens (including phenoxy) is 1. The predicted octanol–water partition coefficient (Wildman–Crippen LogP) is 2.47. The Morgan fingerprint density at radius 1 is 1.22 bits per heavy atom. The Labute approximate surface area is 138 Å². The van der Waals surface area contributed by atoms with Gasteiger partial charge in [0.05, 0.1) is 23.9 Å². The van der Waals surface area contributed by atoms with Crippen molar-refractivity contribution in [3.8, 4) is 5.88 Å². The Morgan fingerprint density at radius 2 is 1.91 bits per heavy atom. The first kappa shape index (κ1) is 16.2. The first-order valence-corrected chi connectivity index (χ1v) is 8.91. The van der Waals surface area contributed by atoms with Crippen molar-refractivity contribution in [3.63, 3.8) is 0 Å². The van der Waals surface area contributed by atoms with E-state index in [0.717, 1.165) is 0 Å².